The average molecular weight is 358 g/mol. The Morgan fingerprint density at radius 1 is 1.23 bits per heavy atom. The number of hydrogen-bond acceptors (Lipinski definition) is 4. The number of anilines is 1. The first-order chi connectivity index (χ1) is 12.4. The summed E-state index contributed by atoms with van der Waals surface area (Å²) in [6.07, 6.45) is 0. The van der Waals surface area contributed by atoms with Gasteiger partial charge in [0.15, 0.2) is 0 Å². The van der Waals surface area contributed by atoms with Crippen molar-refractivity contribution in [2.75, 3.05) is 32.1 Å². The van der Waals surface area contributed by atoms with Crippen molar-refractivity contribution in [1.29, 1.82) is 0 Å². The van der Waals surface area contributed by atoms with Crippen LogP contribution in [0.2, 0.25) is 0 Å². The summed E-state index contributed by atoms with van der Waals surface area (Å²) in [6, 6.07) is 10.0. The molecule has 0 saturated carbocycles. The Labute approximate surface area is 156 Å². The second-order valence-corrected chi connectivity index (χ2v) is 6.96. The van der Waals surface area contributed by atoms with E-state index in [1.165, 1.54) is 0 Å². The lowest BCUT2D eigenvalue weighted by Crippen LogP contribution is -2.35. The zero-order chi connectivity index (χ0) is 19.1. The van der Waals surface area contributed by atoms with E-state index in [0.717, 1.165) is 28.3 Å². The van der Waals surface area contributed by atoms with Crippen molar-refractivity contribution in [3.05, 3.63) is 53.0 Å². The third-order valence-corrected chi connectivity index (χ3v) is 4.35. The first kappa shape index (κ1) is 20.2. The molecule has 0 radical (unpaired) electrons. The van der Waals surface area contributed by atoms with E-state index in [1.54, 1.807) is 7.11 Å². The fourth-order valence-corrected chi connectivity index (χ4v) is 2.95. The van der Waals surface area contributed by atoms with Gasteiger partial charge >= 0.3 is 0 Å². The molecule has 0 unspecified atom stereocenters. The molecule has 0 aliphatic carbocycles. The fraction of sp³-hybridized carbons (Fsp3) is 0.476. The molecule has 1 heterocycles. The number of carbonyl (C=O) groups is 1. The molecule has 1 aromatic heterocycles. The van der Waals surface area contributed by atoms with Crippen LogP contribution in [0.3, 0.4) is 0 Å². The van der Waals surface area contributed by atoms with E-state index in [0.29, 0.717) is 25.6 Å². The van der Waals surface area contributed by atoms with Gasteiger partial charge in [-0.15, -0.1) is 0 Å². The van der Waals surface area contributed by atoms with Gasteiger partial charge in [0.1, 0.15) is 11.5 Å². The molecule has 5 heteroatoms. The number of amides is 1. The van der Waals surface area contributed by atoms with E-state index in [1.807, 2.05) is 43.0 Å². The van der Waals surface area contributed by atoms with Crippen LogP contribution < -0.4 is 5.32 Å². The average Bonchev–Trinajstić information content (AvgIpc) is 2.99. The number of hydrogen-bond donors (Lipinski definition) is 1. The SMILES string of the molecule is COCCN(CC(=O)Nc1c(C)cccc1C(C)C)Cc1ccc(C)o1. The monoisotopic (exact) mass is 358 g/mol. The van der Waals surface area contributed by atoms with Crippen molar-refractivity contribution < 1.29 is 13.9 Å². The van der Waals surface area contributed by atoms with Crippen molar-refractivity contribution in [3.63, 3.8) is 0 Å². The molecule has 0 spiro atoms. The lowest BCUT2D eigenvalue weighted by molar-refractivity contribution is -0.117. The Morgan fingerprint density at radius 2 is 2.00 bits per heavy atom. The minimum Gasteiger partial charge on any atom is -0.465 e. The third kappa shape index (κ3) is 5.71. The number of aryl methyl sites for hydroxylation is 2. The number of para-hydroxylation sites is 1. The fourth-order valence-electron chi connectivity index (χ4n) is 2.95. The summed E-state index contributed by atoms with van der Waals surface area (Å²) in [6.45, 7) is 10.3. The summed E-state index contributed by atoms with van der Waals surface area (Å²) in [7, 11) is 1.66. The zero-order valence-corrected chi connectivity index (χ0v) is 16.5. The predicted molar refractivity (Wildman–Crippen MR) is 104 cm³/mol. The van der Waals surface area contributed by atoms with Crippen LogP contribution in [0.1, 0.15) is 42.4 Å². The largest absolute Gasteiger partial charge is 0.465 e. The summed E-state index contributed by atoms with van der Waals surface area (Å²) < 4.78 is 10.8. The van der Waals surface area contributed by atoms with Gasteiger partial charge in [-0.3, -0.25) is 9.69 Å². The van der Waals surface area contributed by atoms with Gasteiger partial charge in [-0.1, -0.05) is 32.0 Å². The topological polar surface area (TPSA) is 54.7 Å². The molecule has 0 atom stereocenters. The summed E-state index contributed by atoms with van der Waals surface area (Å²) in [4.78, 5) is 14.7. The van der Waals surface area contributed by atoms with Crippen LogP contribution in [0.5, 0.6) is 0 Å². The predicted octanol–water partition coefficient (Wildman–Crippen LogP) is 4.11. The molecular weight excluding hydrogens is 328 g/mol. The number of ether oxygens (including phenoxy) is 1. The lowest BCUT2D eigenvalue weighted by atomic mass is 9.98. The molecule has 0 fully saturated rings. The van der Waals surface area contributed by atoms with Crippen LogP contribution >= 0.6 is 0 Å². The van der Waals surface area contributed by atoms with E-state index in [4.69, 9.17) is 9.15 Å². The van der Waals surface area contributed by atoms with E-state index in [2.05, 4.69) is 25.2 Å². The molecule has 0 saturated heterocycles. The normalized spacial score (nSPS) is 11.3. The molecular formula is C21H30N2O3. The zero-order valence-electron chi connectivity index (χ0n) is 16.5. The second kappa shape index (κ2) is 9.55. The molecule has 142 valence electrons. The van der Waals surface area contributed by atoms with Gasteiger partial charge in [-0.2, -0.15) is 0 Å². The summed E-state index contributed by atoms with van der Waals surface area (Å²) >= 11 is 0. The number of nitrogens with zero attached hydrogens (tertiary/aromatic N) is 1. The highest BCUT2D eigenvalue weighted by atomic mass is 16.5. The maximum atomic E-state index is 12.7. The van der Waals surface area contributed by atoms with Gasteiger partial charge in [-0.25, -0.2) is 0 Å². The molecule has 26 heavy (non-hydrogen) atoms. The standard InChI is InChI=1S/C21H30N2O3/c1-15(2)19-8-6-7-16(3)21(19)22-20(24)14-23(11-12-25-5)13-18-10-9-17(4)26-18/h6-10,15H,11-14H2,1-5H3,(H,22,24). The van der Waals surface area contributed by atoms with Crippen LogP contribution in [0.25, 0.3) is 0 Å². The van der Waals surface area contributed by atoms with Crippen LogP contribution in [0.4, 0.5) is 5.69 Å². The Bertz CT molecular complexity index is 722. The highest BCUT2D eigenvalue weighted by Gasteiger charge is 2.16. The van der Waals surface area contributed by atoms with E-state index in [9.17, 15) is 4.79 Å². The van der Waals surface area contributed by atoms with Crippen molar-refractivity contribution in [2.24, 2.45) is 0 Å². The molecule has 2 rings (SSSR count). The molecule has 0 aliphatic rings. The Kier molecular flexibility index (Phi) is 7.42. The number of nitrogens with one attached hydrogen (secondary N) is 1. The number of benzene rings is 1. The summed E-state index contributed by atoms with van der Waals surface area (Å²) in [5.74, 6) is 2.05. The number of methoxy groups -OCH3 is 1. The first-order valence-corrected chi connectivity index (χ1v) is 9.06. The molecule has 5 nitrogen and oxygen atoms in total. The van der Waals surface area contributed by atoms with E-state index < -0.39 is 0 Å². The van der Waals surface area contributed by atoms with Crippen LogP contribution in [-0.2, 0) is 16.1 Å². The summed E-state index contributed by atoms with van der Waals surface area (Å²) in [5.41, 5.74) is 3.16. The maximum Gasteiger partial charge on any atom is 0.238 e. The van der Waals surface area contributed by atoms with Gasteiger partial charge in [0.05, 0.1) is 19.7 Å². The van der Waals surface area contributed by atoms with E-state index >= 15 is 0 Å². The molecule has 1 amide bonds. The maximum absolute atomic E-state index is 12.7. The Balaban J connectivity index is 2.07. The van der Waals surface area contributed by atoms with Crippen molar-refractivity contribution in [2.45, 2.75) is 40.2 Å². The van der Waals surface area contributed by atoms with Crippen LogP contribution in [0.15, 0.2) is 34.7 Å². The second-order valence-electron chi connectivity index (χ2n) is 6.96. The minimum absolute atomic E-state index is 0.0272. The van der Waals surface area contributed by atoms with Gasteiger partial charge in [0.25, 0.3) is 0 Å². The van der Waals surface area contributed by atoms with Crippen molar-refractivity contribution in [3.8, 4) is 0 Å². The minimum atomic E-state index is -0.0272. The smallest absolute Gasteiger partial charge is 0.238 e. The highest BCUT2D eigenvalue weighted by molar-refractivity contribution is 5.93. The van der Waals surface area contributed by atoms with Gasteiger partial charge in [0.2, 0.25) is 5.91 Å². The Hall–Kier alpha value is -2.11. The molecule has 0 aliphatic heterocycles. The van der Waals surface area contributed by atoms with Crippen molar-refractivity contribution >= 4 is 11.6 Å². The van der Waals surface area contributed by atoms with Crippen LogP contribution in [-0.4, -0.2) is 37.6 Å². The first-order valence-electron chi connectivity index (χ1n) is 9.06. The molecule has 1 aromatic carbocycles. The number of rotatable bonds is 9. The number of furan rings is 1. The van der Waals surface area contributed by atoms with Crippen LogP contribution in [0, 0.1) is 13.8 Å². The van der Waals surface area contributed by atoms with Gasteiger partial charge < -0.3 is 14.5 Å². The van der Waals surface area contributed by atoms with E-state index in [-0.39, 0.29) is 12.5 Å². The highest BCUT2D eigenvalue weighted by Crippen LogP contribution is 2.27. The van der Waals surface area contributed by atoms with Gasteiger partial charge in [0, 0.05) is 19.3 Å². The lowest BCUT2D eigenvalue weighted by Gasteiger charge is -2.22. The molecule has 2 aromatic rings. The summed E-state index contributed by atoms with van der Waals surface area (Å²) in [5, 5.41) is 3.11. The Morgan fingerprint density at radius 3 is 2.62 bits per heavy atom. The quantitative estimate of drug-likeness (QED) is 0.733. The van der Waals surface area contributed by atoms with Gasteiger partial charge in [-0.05, 0) is 43.0 Å². The number of carbonyl (C=O) groups excluding carboxylic acids is 1. The third-order valence-electron chi connectivity index (χ3n) is 4.35. The molecule has 0 bridgehead atoms. The molecule has 1 N–H and O–H groups in total. The van der Waals surface area contributed by atoms with Crippen molar-refractivity contribution in [1.82, 2.24) is 4.90 Å².